The summed E-state index contributed by atoms with van der Waals surface area (Å²) in [6.07, 6.45) is 7.70. The zero-order valence-corrected chi connectivity index (χ0v) is 23.9. The molecular formula is C31H39N3O7. The van der Waals surface area contributed by atoms with Crippen molar-refractivity contribution >= 4 is 29.4 Å². The number of hydrogen-bond donors (Lipinski definition) is 2. The van der Waals surface area contributed by atoms with Crippen LogP contribution in [0.2, 0.25) is 0 Å². The van der Waals surface area contributed by atoms with Gasteiger partial charge in [0.05, 0.1) is 18.6 Å². The fourth-order valence-corrected chi connectivity index (χ4v) is 6.49. The van der Waals surface area contributed by atoms with Crippen LogP contribution >= 0.6 is 0 Å². The van der Waals surface area contributed by atoms with Gasteiger partial charge in [-0.25, -0.2) is 0 Å². The smallest absolute Gasteiger partial charge is 0.313 e. The number of nitrogens with zero attached hydrogens (tertiary/aromatic N) is 2. The molecule has 2 saturated heterocycles. The van der Waals surface area contributed by atoms with E-state index in [2.05, 4.69) is 5.32 Å². The van der Waals surface area contributed by atoms with Gasteiger partial charge in [-0.2, -0.15) is 0 Å². The summed E-state index contributed by atoms with van der Waals surface area (Å²) in [6.45, 7) is 6.18. The van der Waals surface area contributed by atoms with E-state index in [0.29, 0.717) is 19.3 Å². The number of benzene rings is 1. The minimum Gasteiger partial charge on any atom is -0.460 e. The van der Waals surface area contributed by atoms with Gasteiger partial charge in [0.2, 0.25) is 11.8 Å². The van der Waals surface area contributed by atoms with Crippen LogP contribution in [0.5, 0.6) is 0 Å². The van der Waals surface area contributed by atoms with Crippen LogP contribution in [0.3, 0.4) is 0 Å². The summed E-state index contributed by atoms with van der Waals surface area (Å²) in [7, 11) is 0. The van der Waals surface area contributed by atoms with Crippen molar-refractivity contribution in [1.82, 2.24) is 10.2 Å². The summed E-state index contributed by atoms with van der Waals surface area (Å²) in [6, 6.07) is 4.89. The Balaban J connectivity index is 1.60. The van der Waals surface area contributed by atoms with E-state index >= 15 is 0 Å². The van der Waals surface area contributed by atoms with Crippen molar-refractivity contribution < 1.29 is 33.8 Å². The number of carbonyl (C=O) groups excluding carboxylic acids is 4. The van der Waals surface area contributed by atoms with Gasteiger partial charge in [0, 0.05) is 31.8 Å². The highest BCUT2D eigenvalue weighted by Crippen LogP contribution is 2.55. The number of cyclic esters (lactones) is 1. The number of rotatable bonds is 5. The molecule has 4 aliphatic rings. The van der Waals surface area contributed by atoms with E-state index < -0.39 is 41.7 Å². The van der Waals surface area contributed by atoms with Crippen molar-refractivity contribution in [3.8, 4) is 0 Å². The van der Waals surface area contributed by atoms with Crippen molar-refractivity contribution in [2.24, 2.45) is 11.8 Å². The van der Waals surface area contributed by atoms with Gasteiger partial charge in [-0.3, -0.25) is 19.2 Å². The highest BCUT2D eigenvalue weighted by Gasteiger charge is 2.73. The van der Waals surface area contributed by atoms with Crippen molar-refractivity contribution in [2.75, 3.05) is 31.1 Å². The molecule has 0 aromatic heterocycles. The number of carbonyl (C=O) groups is 4. The quantitative estimate of drug-likeness (QED) is 0.318. The summed E-state index contributed by atoms with van der Waals surface area (Å²) < 4.78 is 12.1. The number of likely N-dealkylation sites (tertiary alicyclic amines) is 1. The Kier molecular flexibility index (Phi) is 8.33. The number of esters is 1. The van der Waals surface area contributed by atoms with Gasteiger partial charge in [0.15, 0.2) is 0 Å². The van der Waals surface area contributed by atoms with Crippen LogP contribution in [0.15, 0.2) is 42.5 Å². The lowest BCUT2D eigenvalue weighted by molar-refractivity contribution is -0.158. The number of anilines is 1. The SMILES string of the molecule is Cc1ccc(C)c(N2C/C=C\CCC(=O)NC[C@@H](C)OC(=O)[C@@H]3[C@@H]4C=C[C@]5(O4)[C@H](C2=O)N(CCCCO)C(=O)[C@@H]35)c1. The third kappa shape index (κ3) is 5.30. The molecule has 0 radical (unpaired) electrons. The second-order valence-corrected chi connectivity index (χ2v) is 11.5. The summed E-state index contributed by atoms with van der Waals surface area (Å²) in [5.74, 6) is -3.20. The Morgan fingerprint density at radius 3 is 2.68 bits per heavy atom. The van der Waals surface area contributed by atoms with E-state index in [1.165, 1.54) is 0 Å². The Morgan fingerprint density at radius 2 is 1.90 bits per heavy atom. The number of fused-ring (bicyclic) bond motifs is 2. The van der Waals surface area contributed by atoms with Gasteiger partial charge >= 0.3 is 5.97 Å². The third-order valence-electron chi connectivity index (χ3n) is 8.51. The molecule has 10 nitrogen and oxygen atoms in total. The predicted octanol–water partition coefficient (Wildman–Crippen LogP) is 1.96. The molecule has 4 aliphatic heterocycles. The van der Waals surface area contributed by atoms with Gasteiger partial charge in [-0.05, 0) is 57.2 Å². The van der Waals surface area contributed by atoms with Gasteiger partial charge in [0.25, 0.3) is 5.91 Å². The highest BCUT2D eigenvalue weighted by atomic mass is 16.6. The molecule has 10 heteroatoms. The largest absolute Gasteiger partial charge is 0.460 e. The van der Waals surface area contributed by atoms with Crippen molar-refractivity contribution in [3.05, 3.63) is 53.6 Å². The van der Waals surface area contributed by atoms with Crippen LogP contribution in [0, 0.1) is 25.7 Å². The summed E-state index contributed by atoms with van der Waals surface area (Å²) in [5, 5.41) is 12.2. The maximum Gasteiger partial charge on any atom is 0.313 e. The molecule has 0 aliphatic carbocycles. The third-order valence-corrected chi connectivity index (χ3v) is 8.51. The first-order valence-electron chi connectivity index (χ1n) is 14.5. The van der Waals surface area contributed by atoms with Crippen LogP contribution < -0.4 is 10.2 Å². The molecule has 1 aromatic rings. The lowest BCUT2D eigenvalue weighted by atomic mass is 9.74. The van der Waals surface area contributed by atoms with Crippen molar-refractivity contribution in [1.29, 1.82) is 0 Å². The maximum atomic E-state index is 14.7. The fraction of sp³-hybridized carbons (Fsp3) is 0.548. The Bertz CT molecular complexity index is 1280. The number of aliphatic hydroxyl groups excluding tert-OH is 1. The molecule has 220 valence electrons. The first kappa shape index (κ1) is 29.0. The number of aliphatic hydroxyl groups is 1. The predicted molar refractivity (Wildman–Crippen MR) is 151 cm³/mol. The van der Waals surface area contributed by atoms with Crippen molar-refractivity contribution in [2.45, 2.75) is 70.3 Å². The number of aryl methyl sites for hydroxylation is 2. The second kappa shape index (κ2) is 11.8. The van der Waals surface area contributed by atoms with E-state index in [1.807, 2.05) is 44.2 Å². The molecule has 5 rings (SSSR count). The van der Waals surface area contributed by atoms with E-state index in [1.54, 1.807) is 28.9 Å². The van der Waals surface area contributed by atoms with E-state index in [-0.39, 0.29) is 50.4 Å². The van der Waals surface area contributed by atoms with E-state index in [9.17, 15) is 24.3 Å². The second-order valence-electron chi connectivity index (χ2n) is 11.5. The number of hydrogen-bond acceptors (Lipinski definition) is 7. The number of allylic oxidation sites excluding steroid dienone is 1. The van der Waals surface area contributed by atoms with Gasteiger partial charge < -0.3 is 29.7 Å². The minimum absolute atomic E-state index is 0.0313. The molecule has 3 amide bonds. The zero-order chi connectivity index (χ0) is 29.3. The number of ether oxygens (including phenoxy) is 2. The standard InChI is InChI=1S/C31H39N3O7/c1-19-10-11-20(2)22(17-19)33-14-6-4-5-9-24(36)32-18-21(3)40-30(39)25-23-12-13-31(41-23)26(25)28(37)34(15-7-8-16-35)27(31)29(33)38/h4,6,10-13,17,21,23,25-27,35H,5,7-9,14-16,18H2,1-3H3,(H,32,36)/b6-4-/t21-,23+,25-,26-,27+,31-/m1/s1. The van der Waals surface area contributed by atoms with Crippen LogP contribution in [-0.2, 0) is 28.7 Å². The number of unbranched alkanes of at least 4 members (excludes halogenated alkanes) is 1. The Labute approximate surface area is 240 Å². The normalized spacial score (nSPS) is 32.7. The van der Waals surface area contributed by atoms with Crippen LogP contribution in [0.25, 0.3) is 0 Å². The molecule has 41 heavy (non-hydrogen) atoms. The average molecular weight is 566 g/mol. The lowest BCUT2D eigenvalue weighted by Gasteiger charge is -2.36. The Morgan fingerprint density at radius 1 is 1.10 bits per heavy atom. The molecule has 2 fully saturated rings. The van der Waals surface area contributed by atoms with Crippen LogP contribution in [0.4, 0.5) is 5.69 Å². The summed E-state index contributed by atoms with van der Waals surface area (Å²) >= 11 is 0. The fourth-order valence-electron chi connectivity index (χ4n) is 6.49. The molecule has 6 atom stereocenters. The molecule has 4 heterocycles. The first-order chi connectivity index (χ1) is 19.7. The lowest BCUT2D eigenvalue weighted by Crippen LogP contribution is -2.56. The average Bonchev–Trinajstić information content (AvgIpc) is 3.58. The zero-order valence-electron chi connectivity index (χ0n) is 23.9. The molecular weight excluding hydrogens is 526 g/mol. The monoisotopic (exact) mass is 565 g/mol. The van der Waals surface area contributed by atoms with Crippen molar-refractivity contribution in [3.63, 3.8) is 0 Å². The highest BCUT2D eigenvalue weighted by molar-refractivity contribution is 6.05. The Hall–Kier alpha value is -3.50. The molecule has 0 saturated carbocycles. The molecule has 0 unspecified atom stereocenters. The van der Waals surface area contributed by atoms with Gasteiger partial charge in [-0.15, -0.1) is 0 Å². The maximum absolute atomic E-state index is 14.7. The first-order valence-corrected chi connectivity index (χ1v) is 14.5. The van der Waals surface area contributed by atoms with Crippen LogP contribution in [-0.4, -0.2) is 83.8 Å². The minimum atomic E-state index is -1.31. The van der Waals surface area contributed by atoms with Crippen LogP contribution in [0.1, 0.15) is 43.7 Å². The van der Waals surface area contributed by atoms with Gasteiger partial charge in [-0.1, -0.05) is 36.4 Å². The molecule has 5 bridgehead atoms. The topological polar surface area (TPSA) is 125 Å². The van der Waals surface area contributed by atoms with E-state index in [0.717, 1.165) is 16.8 Å². The molecule has 1 spiro atoms. The summed E-state index contributed by atoms with van der Waals surface area (Å²) in [4.78, 5) is 57.9. The number of amides is 3. The van der Waals surface area contributed by atoms with Gasteiger partial charge in [0.1, 0.15) is 23.7 Å². The summed E-state index contributed by atoms with van der Waals surface area (Å²) in [5.41, 5.74) is 1.29. The molecule has 1 aromatic carbocycles. The van der Waals surface area contributed by atoms with E-state index in [4.69, 9.17) is 9.47 Å². The molecule has 2 N–H and O–H groups in total. The number of nitrogens with one attached hydrogen (secondary N) is 1.